The molecule has 0 aliphatic carbocycles. The molecule has 1 heterocycles. The first-order valence-electron chi connectivity index (χ1n) is 9.06. The van der Waals surface area contributed by atoms with Crippen LogP contribution in [0.4, 0.5) is 5.69 Å². The number of nitrogens with one attached hydrogen (secondary N) is 1. The van der Waals surface area contributed by atoms with E-state index in [1.807, 2.05) is 54.6 Å². The standard InChI is InChI=1S/C21H23N3O3S/c1-28(26,27)24(15-12-17-7-3-2-4-8-17)16-13-20(25)23-19-11-5-9-18-10-6-14-22-21(18)19/h2-11,14H,12-13,15-16H2,1H3,(H,23,25). The highest BCUT2D eigenvalue weighted by molar-refractivity contribution is 7.88. The zero-order valence-corrected chi connectivity index (χ0v) is 16.5. The van der Waals surface area contributed by atoms with Crippen molar-refractivity contribution in [1.29, 1.82) is 0 Å². The molecule has 146 valence electrons. The monoisotopic (exact) mass is 397 g/mol. The van der Waals surface area contributed by atoms with Crippen molar-refractivity contribution in [2.24, 2.45) is 0 Å². The molecule has 28 heavy (non-hydrogen) atoms. The van der Waals surface area contributed by atoms with Crippen molar-refractivity contribution in [3.63, 3.8) is 0 Å². The molecule has 0 saturated carbocycles. The van der Waals surface area contributed by atoms with Crippen molar-refractivity contribution < 1.29 is 13.2 Å². The van der Waals surface area contributed by atoms with E-state index in [4.69, 9.17) is 0 Å². The van der Waals surface area contributed by atoms with Crippen LogP contribution in [0, 0.1) is 0 Å². The number of carbonyl (C=O) groups excluding carboxylic acids is 1. The first kappa shape index (κ1) is 20.0. The normalized spacial score (nSPS) is 11.6. The number of amides is 1. The Bertz CT molecular complexity index is 1050. The number of nitrogens with zero attached hydrogens (tertiary/aromatic N) is 2. The zero-order valence-electron chi connectivity index (χ0n) is 15.7. The van der Waals surface area contributed by atoms with Crippen molar-refractivity contribution in [2.45, 2.75) is 12.8 Å². The van der Waals surface area contributed by atoms with E-state index < -0.39 is 10.0 Å². The smallest absolute Gasteiger partial charge is 0.225 e. The lowest BCUT2D eigenvalue weighted by Gasteiger charge is -2.19. The molecule has 7 heteroatoms. The lowest BCUT2D eigenvalue weighted by Crippen LogP contribution is -2.34. The van der Waals surface area contributed by atoms with E-state index in [9.17, 15) is 13.2 Å². The third-order valence-electron chi connectivity index (χ3n) is 4.46. The van der Waals surface area contributed by atoms with Gasteiger partial charge in [0.05, 0.1) is 17.5 Å². The molecule has 0 spiro atoms. The largest absolute Gasteiger partial charge is 0.324 e. The minimum atomic E-state index is -3.40. The molecule has 2 aromatic carbocycles. The van der Waals surface area contributed by atoms with Gasteiger partial charge in [0.15, 0.2) is 0 Å². The van der Waals surface area contributed by atoms with E-state index in [1.165, 1.54) is 10.6 Å². The summed E-state index contributed by atoms with van der Waals surface area (Å²) in [6, 6.07) is 19.0. The Kier molecular flexibility index (Phi) is 6.38. The number of anilines is 1. The molecule has 1 amide bonds. The molecule has 0 radical (unpaired) electrons. The maximum atomic E-state index is 12.4. The molecule has 0 aliphatic heterocycles. The van der Waals surface area contributed by atoms with E-state index in [1.54, 1.807) is 12.3 Å². The highest BCUT2D eigenvalue weighted by Crippen LogP contribution is 2.20. The molecule has 3 rings (SSSR count). The molecule has 6 nitrogen and oxygen atoms in total. The summed E-state index contributed by atoms with van der Waals surface area (Å²) in [5, 5.41) is 3.77. The van der Waals surface area contributed by atoms with Crippen LogP contribution in [0.25, 0.3) is 10.9 Å². The van der Waals surface area contributed by atoms with Crippen molar-refractivity contribution in [3.8, 4) is 0 Å². The molecule has 0 bridgehead atoms. The molecular formula is C21H23N3O3S. The third kappa shape index (κ3) is 5.37. The zero-order chi connectivity index (χ0) is 20.0. The van der Waals surface area contributed by atoms with Crippen LogP contribution in [0.3, 0.4) is 0 Å². The van der Waals surface area contributed by atoms with E-state index in [-0.39, 0.29) is 18.9 Å². The van der Waals surface area contributed by atoms with Gasteiger partial charge in [-0.1, -0.05) is 48.5 Å². The number of fused-ring (bicyclic) bond motifs is 1. The van der Waals surface area contributed by atoms with Gasteiger partial charge in [-0.05, 0) is 24.1 Å². The predicted molar refractivity (Wildman–Crippen MR) is 112 cm³/mol. The second-order valence-electron chi connectivity index (χ2n) is 6.58. The highest BCUT2D eigenvalue weighted by Gasteiger charge is 2.18. The lowest BCUT2D eigenvalue weighted by molar-refractivity contribution is -0.116. The average molecular weight is 398 g/mol. The Morgan fingerprint density at radius 3 is 2.50 bits per heavy atom. The maximum Gasteiger partial charge on any atom is 0.225 e. The van der Waals surface area contributed by atoms with Crippen molar-refractivity contribution in [1.82, 2.24) is 9.29 Å². The fourth-order valence-electron chi connectivity index (χ4n) is 2.99. The summed E-state index contributed by atoms with van der Waals surface area (Å²) in [5.41, 5.74) is 2.39. The number of pyridine rings is 1. The van der Waals surface area contributed by atoms with Gasteiger partial charge in [0.25, 0.3) is 0 Å². The molecule has 3 aromatic rings. The molecule has 0 atom stereocenters. The molecule has 0 aliphatic rings. The summed E-state index contributed by atoms with van der Waals surface area (Å²) in [4.78, 5) is 16.7. The minimum absolute atomic E-state index is 0.0745. The average Bonchev–Trinajstić information content (AvgIpc) is 2.68. The van der Waals surface area contributed by atoms with Gasteiger partial charge in [-0.3, -0.25) is 9.78 Å². The molecule has 0 fully saturated rings. The number of aromatic nitrogens is 1. The van der Waals surface area contributed by atoms with E-state index in [0.717, 1.165) is 10.9 Å². The number of rotatable bonds is 8. The predicted octanol–water partition coefficient (Wildman–Crippen LogP) is 3.07. The lowest BCUT2D eigenvalue weighted by atomic mass is 10.1. The van der Waals surface area contributed by atoms with Crippen LogP contribution in [-0.4, -0.2) is 43.0 Å². The second-order valence-corrected chi connectivity index (χ2v) is 8.56. The minimum Gasteiger partial charge on any atom is -0.324 e. The summed E-state index contributed by atoms with van der Waals surface area (Å²) < 4.78 is 25.5. The molecule has 0 unspecified atom stereocenters. The summed E-state index contributed by atoms with van der Waals surface area (Å²) in [6.45, 7) is 0.474. The van der Waals surface area contributed by atoms with Crippen LogP contribution in [0.2, 0.25) is 0 Å². The van der Waals surface area contributed by atoms with Crippen LogP contribution in [0.5, 0.6) is 0 Å². The quantitative estimate of drug-likeness (QED) is 0.634. The van der Waals surface area contributed by atoms with Crippen LogP contribution < -0.4 is 5.32 Å². The number of benzene rings is 2. The van der Waals surface area contributed by atoms with E-state index >= 15 is 0 Å². The highest BCUT2D eigenvalue weighted by atomic mass is 32.2. The van der Waals surface area contributed by atoms with Gasteiger partial charge in [0.1, 0.15) is 0 Å². The molecule has 1 N–H and O–H groups in total. The van der Waals surface area contributed by atoms with Gasteiger partial charge in [-0.15, -0.1) is 0 Å². The Hall–Kier alpha value is -2.77. The first-order valence-corrected chi connectivity index (χ1v) is 10.9. The third-order valence-corrected chi connectivity index (χ3v) is 5.76. The van der Waals surface area contributed by atoms with Crippen LogP contribution in [0.15, 0.2) is 66.9 Å². The number of hydrogen-bond acceptors (Lipinski definition) is 4. The Balaban J connectivity index is 1.61. The first-order chi connectivity index (χ1) is 13.4. The fourth-order valence-corrected chi connectivity index (χ4v) is 3.83. The fraction of sp³-hybridized carbons (Fsp3) is 0.238. The number of hydrogen-bond donors (Lipinski definition) is 1. The van der Waals surface area contributed by atoms with Crippen molar-refractivity contribution in [2.75, 3.05) is 24.7 Å². The number of sulfonamides is 1. The van der Waals surface area contributed by atoms with Crippen molar-refractivity contribution in [3.05, 3.63) is 72.4 Å². The van der Waals surface area contributed by atoms with E-state index in [0.29, 0.717) is 24.2 Å². The van der Waals surface area contributed by atoms with Gasteiger partial charge in [0.2, 0.25) is 15.9 Å². The Morgan fingerprint density at radius 2 is 1.75 bits per heavy atom. The Labute approximate surface area is 165 Å². The summed E-state index contributed by atoms with van der Waals surface area (Å²) in [7, 11) is -3.40. The van der Waals surface area contributed by atoms with Gasteiger partial charge in [-0.25, -0.2) is 12.7 Å². The van der Waals surface area contributed by atoms with Gasteiger partial charge in [0, 0.05) is 31.1 Å². The molecule has 0 saturated heterocycles. The maximum absolute atomic E-state index is 12.4. The second kappa shape index (κ2) is 8.95. The molecular weight excluding hydrogens is 374 g/mol. The van der Waals surface area contributed by atoms with Crippen LogP contribution in [-0.2, 0) is 21.2 Å². The topological polar surface area (TPSA) is 79.4 Å². The van der Waals surface area contributed by atoms with Crippen LogP contribution in [0.1, 0.15) is 12.0 Å². The summed E-state index contributed by atoms with van der Waals surface area (Å²) in [5.74, 6) is -0.244. The van der Waals surface area contributed by atoms with Crippen LogP contribution >= 0.6 is 0 Å². The summed E-state index contributed by atoms with van der Waals surface area (Å²) in [6.07, 6.45) is 3.52. The van der Waals surface area contributed by atoms with Crippen molar-refractivity contribution >= 4 is 32.5 Å². The van der Waals surface area contributed by atoms with E-state index in [2.05, 4.69) is 10.3 Å². The number of para-hydroxylation sites is 1. The molecule has 1 aromatic heterocycles. The van der Waals surface area contributed by atoms with Gasteiger partial charge < -0.3 is 5.32 Å². The summed E-state index contributed by atoms with van der Waals surface area (Å²) >= 11 is 0. The SMILES string of the molecule is CS(=O)(=O)N(CCC(=O)Nc1cccc2cccnc12)CCc1ccccc1. The van der Waals surface area contributed by atoms with Gasteiger partial charge in [-0.2, -0.15) is 0 Å². The number of carbonyl (C=O) groups is 1. The van der Waals surface area contributed by atoms with Gasteiger partial charge >= 0.3 is 0 Å². The Morgan fingerprint density at radius 1 is 1.00 bits per heavy atom.